The summed E-state index contributed by atoms with van der Waals surface area (Å²) in [6.07, 6.45) is 4.01. The zero-order chi connectivity index (χ0) is 21.8. The summed E-state index contributed by atoms with van der Waals surface area (Å²) in [7, 11) is 1.59. The number of methoxy groups -OCH3 is 1. The first-order valence-electron chi connectivity index (χ1n) is 9.83. The lowest BCUT2D eigenvalue weighted by atomic mass is 9.82. The van der Waals surface area contributed by atoms with Gasteiger partial charge < -0.3 is 15.4 Å². The van der Waals surface area contributed by atoms with Gasteiger partial charge in [0.05, 0.1) is 18.6 Å². The van der Waals surface area contributed by atoms with Gasteiger partial charge in [0.25, 0.3) is 5.91 Å². The van der Waals surface area contributed by atoms with Gasteiger partial charge in [-0.05, 0) is 25.0 Å². The maximum absolute atomic E-state index is 12.7. The molecule has 2 aromatic rings. The van der Waals surface area contributed by atoms with Gasteiger partial charge >= 0.3 is 6.03 Å². The predicted octanol–water partition coefficient (Wildman–Crippen LogP) is 2.67. The number of nitrogens with one attached hydrogen (secondary N) is 3. The van der Waals surface area contributed by atoms with Crippen molar-refractivity contribution in [2.75, 3.05) is 18.2 Å². The third-order valence-corrected chi connectivity index (χ3v) is 7.16. The van der Waals surface area contributed by atoms with E-state index in [1.807, 2.05) is 24.3 Å². The van der Waals surface area contributed by atoms with Crippen LogP contribution in [0.15, 0.2) is 28.6 Å². The van der Waals surface area contributed by atoms with Crippen LogP contribution in [0.2, 0.25) is 0 Å². The summed E-state index contributed by atoms with van der Waals surface area (Å²) in [6, 6.07) is 6.85. The molecule has 2 fully saturated rings. The number of ether oxygens (including phenoxy) is 1. The van der Waals surface area contributed by atoms with E-state index in [4.69, 9.17) is 4.74 Å². The van der Waals surface area contributed by atoms with Crippen LogP contribution in [0.1, 0.15) is 32.1 Å². The molecule has 2 heterocycles. The van der Waals surface area contributed by atoms with E-state index in [0.29, 0.717) is 28.1 Å². The number of benzene rings is 1. The fourth-order valence-electron chi connectivity index (χ4n) is 3.68. The van der Waals surface area contributed by atoms with Crippen molar-refractivity contribution in [3.8, 4) is 5.75 Å². The molecular weight excluding hydrogens is 440 g/mol. The zero-order valence-electron chi connectivity index (χ0n) is 16.8. The largest absolute Gasteiger partial charge is 0.495 e. The summed E-state index contributed by atoms with van der Waals surface area (Å²) < 4.78 is 5.87. The Hall–Kier alpha value is -2.86. The monoisotopic (exact) mass is 462 g/mol. The normalized spacial score (nSPS) is 17.5. The summed E-state index contributed by atoms with van der Waals surface area (Å²) in [4.78, 5) is 37.3. The Bertz CT molecular complexity index is 991. The summed E-state index contributed by atoms with van der Waals surface area (Å²) in [5.41, 5.74) is 2.31. The highest BCUT2D eigenvalue weighted by atomic mass is 32.2. The lowest BCUT2D eigenvalue weighted by molar-refractivity contribution is -0.139. The topological polar surface area (TPSA) is 126 Å². The predicted molar refractivity (Wildman–Crippen MR) is 116 cm³/mol. The van der Waals surface area contributed by atoms with Crippen LogP contribution in [0.5, 0.6) is 5.75 Å². The second kappa shape index (κ2) is 9.10. The minimum absolute atomic E-state index is 0.00660. The van der Waals surface area contributed by atoms with Crippen LogP contribution in [-0.4, -0.2) is 51.5 Å². The number of thioether (sulfide) groups is 1. The first kappa shape index (κ1) is 21.4. The number of carbonyl (C=O) groups excluding carboxylic acids is 3. The second-order valence-corrected chi connectivity index (χ2v) is 9.44. The van der Waals surface area contributed by atoms with Crippen LogP contribution in [0.25, 0.3) is 0 Å². The van der Waals surface area contributed by atoms with Crippen LogP contribution in [-0.2, 0) is 9.59 Å². The quantitative estimate of drug-likeness (QED) is 0.424. The Kier molecular flexibility index (Phi) is 6.28. The molecule has 1 aliphatic heterocycles. The van der Waals surface area contributed by atoms with Crippen LogP contribution >= 0.6 is 23.1 Å². The Labute approximate surface area is 187 Å². The molecule has 4 rings (SSSR count). The van der Waals surface area contributed by atoms with E-state index in [0.717, 1.165) is 30.0 Å². The molecule has 1 aliphatic carbocycles. The number of carbonyl (C=O) groups is 3. The SMILES string of the molecule is COc1ccccc1Nc1nnc(SCC(=O)NN2C(=O)NC3(CCCCC3)C2=O)s1. The van der Waals surface area contributed by atoms with Gasteiger partial charge in [-0.1, -0.05) is 54.5 Å². The molecule has 2 aliphatic rings. The highest BCUT2D eigenvalue weighted by Gasteiger charge is 2.52. The summed E-state index contributed by atoms with van der Waals surface area (Å²) in [5, 5.41) is 15.4. The number of amides is 4. The first-order valence-corrected chi connectivity index (χ1v) is 11.6. The number of aromatic nitrogens is 2. The number of nitrogens with zero attached hydrogens (tertiary/aromatic N) is 3. The molecule has 4 amide bonds. The van der Waals surface area contributed by atoms with E-state index in [1.165, 1.54) is 23.1 Å². The maximum atomic E-state index is 12.7. The van der Waals surface area contributed by atoms with Crippen LogP contribution in [0.3, 0.4) is 0 Å². The molecule has 1 spiro atoms. The van der Waals surface area contributed by atoms with E-state index < -0.39 is 17.5 Å². The minimum Gasteiger partial charge on any atom is -0.495 e. The molecule has 1 aromatic heterocycles. The number of hydrogen-bond acceptors (Lipinski definition) is 9. The first-order chi connectivity index (χ1) is 15.0. The van der Waals surface area contributed by atoms with Gasteiger partial charge in [0.15, 0.2) is 4.34 Å². The Morgan fingerprint density at radius 2 is 2.03 bits per heavy atom. The van der Waals surface area contributed by atoms with Gasteiger partial charge in [-0.15, -0.1) is 10.2 Å². The van der Waals surface area contributed by atoms with Gasteiger partial charge in [0.1, 0.15) is 11.3 Å². The third kappa shape index (κ3) is 4.59. The van der Waals surface area contributed by atoms with Crippen molar-refractivity contribution >= 4 is 51.8 Å². The standard InChI is InChI=1S/C19H22N6O4S2/c1-29-13-8-4-3-7-12(13)20-16-22-23-18(31-16)30-11-14(26)24-25-15(27)19(21-17(25)28)9-5-2-6-10-19/h3-4,7-8H,2,5-6,9-11H2,1H3,(H,20,22)(H,21,28)(H,24,26). The Morgan fingerprint density at radius 1 is 1.26 bits per heavy atom. The molecule has 3 N–H and O–H groups in total. The average molecular weight is 463 g/mol. The van der Waals surface area contributed by atoms with Crippen LogP contribution < -0.4 is 20.8 Å². The van der Waals surface area contributed by atoms with Crippen molar-refractivity contribution in [3.05, 3.63) is 24.3 Å². The average Bonchev–Trinajstić information content (AvgIpc) is 3.31. The van der Waals surface area contributed by atoms with E-state index in [2.05, 4.69) is 26.3 Å². The fraction of sp³-hybridized carbons (Fsp3) is 0.421. The molecule has 1 aromatic carbocycles. The smallest absolute Gasteiger partial charge is 0.344 e. The highest BCUT2D eigenvalue weighted by Crippen LogP contribution is 2.33. The maximum Gasteiger partial charge on any atom is 0.344 e. The molecule has 1 saturated heterocycles. The molecule has 0 atom stereocenters. The van der Waals surface area contributed by atoms with E-state index in [1.54, 1.807) is 7.11 Å². The lowest BCUT2D eigenvalue weighted by Gasteiger charge is -2.30. The van der Waals surface area contributed by atoms with Crippen molar-refractivity contribution in [3.63, 3.8) is 0 Å². The molecule has 10 nitrogen and oxygen atoms in total. The zero-order valence-corrected chi connectivity index (χ0v) is 18.5. The van der Waals surface area contributed by atoms with E-state index in [9.17, 15) is 14.4 Å². The van der Waals surface area contributed by atoms with Gasteiger partial charge in [-0.25, -0.2) is 4.79 Å². The number of hydrazine groups is 1. The molecule has 0 bridgehead atoms. The molecule has 0 radical (unpaired) electrons. The summed E-state index contributed by atoms with van der Waals surface area (Å²) in [6.45, 7) is 0. The van der Waals surface area contributed by atoms with Crippen molar-refractivity contribution in [2.24, 2.45) is 0 Å². The van der Waals surface area contributed by atoms with E-state index >= 15 is 0 Å². The molecule has 164 valence electrons. The number of rotatable bonds is 7. The molecule has 12 heteroatoms. The van der Waals surface area contributed by atoms with Gasteiger partial charge in [0, 0.05) is 0 Å². The number of hydrogen-bond donors (Lipinski definition) is 3. The van der Waals surface area contributed by atoms with Crippen LogP contribution in [0, 0.1) is 0 Å². The number of imide groups is 1. The van der Waals surface area contributed by atoms with Gasteiger partial charge in [-0.2, -0.15) is 5.01 Å². The second-order valence-electron chi connectivity index (χ2n) is 7.24. The lowest BCUT2D eigenvalue weighted by Crippen LogP contribution is -2.51. The van der Waals surface area contributed by atoms with Crippen molar-refractivity contribution < 1.29 is 19.1 Å². The van der Waals surface area contributed by atoms with Gasteiger partial charge in [0.2, 0.25) is 11.0 Å². The van der Waals surface area contributed by atoms with E-state index in [-0.39, 0.29) is 11.7 Å². The number of anilines is 2. The Morgan fingerprint density at radius 3 is 2.81 bits per heavy atom. The van der Waals surface area contributed by atoms with Gasteiger partial charge in [-0.3, -0.25) is 15.0 Å². The third-order valence-electron chi connectivity index (χ3n) is 5.19. The Balaban J connectivity index is 1.30. The summed E-state index contributed by atoms with van der Waals surface area (Å²) >= 11 is 2.46. The minimum atomic E-state index is -0.867. The molecular formula is C19H22N6O4S2. The molecule has 31 heavy (non-hydrogen) atoms. The fourth-order valence-corrected chi connectivity index (χ4v) is 5.24. The van der Waals surface area contributed by atoms with Crippen molar-refractivity contribution in [1.82, 2.24) is 25.9 Å². The highest BCUT2D eigenvalue weighted by molar-refractivity contribution is 8.01. The number of para-hydroxylation sites is 2. The molecule has 1 saturated carbocycles. The number of urea groups is 1. The summed E-state index contributed by atoms with van der Waals surface area (Å²) in [5.74, 6) is -0.172. The van der Waals surface area contributed by atoms with Crippen molar-refractivity contribution in [2.45, 2.75) is 42.0 Å². The molecule has 0 unspecified atom stereocenters. The van der Waals surface area contributed by atoms with Crippen LogP contribution in [0.4, 0.5) is 15.6 Å². The van der Waals surface area contributed by atoms with Crippen molar-refractivity contribution in [1.29, 1.82) is 0 Å².